The Morgan fingerprint density at radius 3 is 2.26 bits per heavy atom. The summed E-state index contributed by atoms with van der Waals surface area (Å²) in [7, 11) is 0. The van der Waals surface area contributed by atoms with Crippen molar-refractivity contribution >= 4 is 47.2 Å². The Morgan fingerprint density at radius 1 is 0.905 bits per heavy atom. The number of hydrogen-bond donors (Lipinski definition) is 6. The van der Waals surface area contributed by atoms with Crippen LogP contribution in [0.1, 0.15) is 48.0 Å². The van der Waals surface area contributed by atoms with Gasteiger partial charge in [-0.15, -0.1) is 5.10 Å². The number of nitrogen functional groups attached to an aromatic ring is 1. The Kier molecular flexibility index (Phi) is 7.57. The molecule has 5 aromatic rings. The highest BCUT2D eigenvalue weighted by Gasteiger charge is 2.19. The van der Waals surface area contributed by atoms with Crippen molar-refractivity contribution in [2.75, 3.05) is 11.1 Å². The summed E-state index contributed by atoms with van der Waals surface area (Å²) in [6.45, 7) is 0.467. The number of fused-ring (bicyclic) bond motifs is 1. The fourth-order valence-corrected chi connectivity index (χ4v) is 4.36. The maximum atomic E-state index is 13.1. The second kappa shape index (κ2) is 11.4. The largest absolute Gasteiger partial charge is 0.478 e. The number of rotatable bonds is 10. The minimum Gasteiger partial charge on any atom is -0.478 e. The molecule has 0 aliphatic rings. The van der Waals surface area contributed by atoms with E-state index in [0.29, 0.717) is 5.56 Å². The number of anilines is 2. The summed E-state index contributed by atoms with van der Waals surface area (Å²) in [6, 6.07) is 14.5. The van der Waals surface area contributed by atoms with Gasteiger partial charge in [0.2, 0.25) is 4.77 Å². The van der Waals surface area contributed by atoms with Crippen LogP contribution < -0.4 is 32.5 Å². The lowest BCUT2D eigenvalue weighted by molar-refractivity contribution is 0.0696. The highest BCUT2D eigenvalue weighted by molar-refractivity contribution is 7.71. The molecule has 0 bridgehead atoms. The Morgan fingerprint density at radius 2 is 1.57 bits per heavy atom. The molecule has 7 N–H and O–H groups in total. The van der Waals surface area contributed by atoms with Crippen molar-refractivity contribution in [1.82, 2.24) is 30.2 Å². The predicted octanol–water partition coefficient (Wildman–Crippen LogP) is 1.14. The number of nitrogens with one attached hydrogen (secondary N) is 4. The number of amides is 2. The van der Waals surface area contributed by atoms with Crippen molar-refractivity contribution in [3.63, 3.8) is 0 Å². The summed E-state index contributed by atoms with van der Waals surface area (Å²) < 4.78 is 1.41. The van der Waals surface area contributed by atoms with Crippen molar-refractivity contribution in [1.29, 1.82) is 0 Å². The minimum atomic E-state index is -1.06. The first-order chi connectivity index (χ1) is 20.1. The van der Waals surface area contributed by atoms with Crippen LogP contribution in [0.3, 0.4) is 0 Å². The molecule has 0 atom stereocenters. The molecule has 0 unspecified atom stereocenters. The molecule has 0 saturated carbocycles. The molecule has 0 radical (unpaired) electrons. The SMILES string of the molecule is Nc1c(NCc2cccc(CNC(=O)c3cc(C(=O)NCc4ccc(C(=O)O)cc4)n4c(=S)[nH]nc4n3)c2)c(=O)c1=O. The van der Waals surface area contributed by atoms with E-state index in [1.807, 2.05) is 6.07 Å². The van der Waals surface area contributed by atoms with Gasteiger partial charge in [-0.3, -0.25) is 19.2 Å². The van der Waals surface area contributed by atoms with Gasteiger partial charge in [0, 0.05) is 19.6 Å². The molecule has 0 fully saturated rings. The van der Waals surface area contributed by atoms with Crippen LogP contribution in [-0.2, 0) is 19.6 Å². The van der Waals surface area contributed by atoms with Crippen LogP contribution >= 0.6 is 12.2 Å². The number of nitrogens with zero attached hydrogens (tertiary/aromatic N) is 3. The van der Waals surface area contributed by atoms with E-state index >= 15 is 0 Å². The van der Waals surface area contributed by atoms with Crippen molar-refractivity contribution in [2.45, 2.75) is 19.6 Å². The van der Waals surface area contributed by atoms with Gasteiger partial charge in [0.25, 0.3) is 28.4 Å². The third-order valence-corrected chi connectivity index (χ3v) is 6.64. The summed E-state index contributed by atoms with van der Waals surface area (Å²) in [5.41, 5.74) is 6.47. The molecule has 2 heterocycles. The third kappa shape index (κ3) is 5.62. The van der Waals surface area contributed by atoms with Gasteiger partial charge in [-0.05, 0) is 47.1 Å². The molecule has 0 saturated heterocycles. The van der Waals surface area contributed by atoms with Crippen LogP contribution in [0.5, 0.6) is 0 Å². The maximum absolute atomic E-state index is 13.1. The van der Waals surface area contributed by atoms with E-state index in [1.165, 1.54) is 22.6 Å². The van der Waals surface area contributed by atoms with Gasteiger partial charge in [-0.25, -0.2) is 19.3 Å². The lowest BCUT2D eigenvalue weighted by atomic mass is 10.1. The van der Waals surface area contributed by atoms with Crippen LogP contribution in [0.2, 0.25) is 0 Å². The molecular weight excluding hydrogens is 564 g/mol. The number of hydrogen-bond acceptors (Lipinski definition) is 10. The van der Waals surface area contributed by atoms with Crippen molar-refractivity contribution in [3.8, 4) is 0 Å². The molecular formula is C27H22N8O6S. The summed E-state index contributed by atoms with van der Waals surface area (Å²) >= 11 is 5.23. The van der Waals surface area contributed by atoms with E-state index in [-0.39, 0.29) is 58.5 Å². The van der Waals surface area contributed by atoms with E-state index < -0.39 is 28.6 Å². The Labute approximate surface area is 240 Å². The summed E-state index contributed by atoms with van der Waals surface area (Å²) in [4.78, 5) is 64.3. The lowest BCUT2D eigenvalue weighted by Crippen LogP contribution is -2.36. The first kappa shape index (κ1) is 27.9. The number of aromatic carboxylic acids is 1. The molecule has 42 heavy (non-hydrogen) atoms. The Balaban J connectivity index is 1.27. The minimum absolute atomic E-state index is 0.0225. The maximum Gasteiger partial charge on any atom is 0.335 e. The lowest BCUT2D eigenvalue weighted by Gasteiger charge is -2.12. The zero-order chi connectivity index (χ0) is 30.0. The molecule has 15 heteroatoms. The number of aromatic nitrogens is 4. The number of nitrogens with two attached hydrogens (primary N) is 1. The predicted molar refractivity (Wildman–Crippen MR) is 153 cm³/mol. The summed E-state index contributed by atoms with van der Waals surface area (Å²) in [5.74, 6) is -2.16. The van der Waals surface area contributed by atoms with E-state index in [2.05, 4.69) is 31.1 Å². The fraction of sp³-hybridized carbons (Fsp3) is 0.111. The van der Waals surface area contributed by atoms with Gasteiger partial charge < -0.3 is 26.8 Å². The molecule has 2 amide bonds. The third-order valence-electron chi connectivity index (χ3n) is 6.37. The zero-order valence-electron chi connectivity index (χ0n) is 21.6. The quantitative estimate of drug-likeness (QED) is 0.101. The molecule has 0 aliphatic heterocycles. The van der Waals surface area contributed by atoms with Crippen LogP contribution in [-0.4, -0.2) is 42.5 Å². The van der Waals surface area contributed by atoms with E-state index in [1.54, 1.807) is 30.3 Å². The molecule has 2 aromatic heterocycles. The van der Waals surface area contributed by atoms with Gasteiger partial charge in [0.15, 0.2) is 0 Å². The highest BCUT2D eigenvalue weighted by atomic mass is 32.1. The molecule has 0 aliphatic carbocycles. The topological polar surface area (TPSA) is 214 Å². The van der Waals surface area contributed by atoms with Crippen molar-refractivity contribution < 1.29 is 19.5 Å². The average Bonchev–Trinajstić information content (AvgIpc) is 3.38. The van der Waals surface area contributed by atoms with E-state index in [0.717, 1.165) is 11.1 Å². The van der Waals surface area contributed by atoms with Gasteiger partial charge in [0.05, 0.1) is 5.56 Å². The fourth-order valence-electron chi connectivity index (χ4n) is 4.13. The number of aromatic amines is 1. The zero-order valence-corrected chi connectivity index (χ0v) is 22.4. The number of carboxylic acid groups (broad SMARTS) is 1. The van der Waals surface area contributed by atoms with Gasteiger partial charge in [-0.2, -0.15) is 0 Å². The number of carbonyl (C=O) groups is 3. The summed E-state index contributed by atoms with van der Waals surface area (Å²) in [6.07, 6.45) is 0. The van der Waals surface area contributed by atoms with Gasteiger partial charge >= 0.3 is 5.97 Å². The molecule has 3 aromatic carbocycles. The second-order valence-electron chi connectivity index (χ2n) is 9.18. The monoisotopic (exact) mass is 586 g/mol. The smallest absolute Gasteiger partial charge is 0.335 e. The van der Waals surface area contributed by atoms with Gasteiger partial charge in [-0.1, -0.05) is 36.4 Å². The highest BCUT2D eigenvalue weighted by Crippen LogP contribution is 2.13. The Bertz CT molecular complexity index is 1990. The number of benzene rings is 2. The van der Waals surface area contributed by atoms with Crippen LogP contribution in [0.15, 0.2) is 64.2 Å². The first-order valence-electron chi connectivity index (χ1n) is 12.4. The average molecular weight is 587 g/mol. The normalized spacial score (nSPS) is 11.0. The van der Waals surface area contributed by atoms with Crippen LogP contribution in [0, 0.1) is 4.77 Å². The first-order valence-corrected chi connectivity index (χ1v) is 12.8. The van der Waals surface area contributed by atoms with E-state index in [4.69, 9.17) is 23.1 Å². The number of carboxylic acids is 1. The molecule has 212 valence electrons. The Hall–Kier alpha value is -5.70. The van der Waals surface area contributed by atoms with Gasteiger partial charge in [0.1, 0.15) is 22.8 Å². The number of H-pyrrole nitrogens is 1. The molecule has 0 spiro atoms. The van der Waals surface area contributed by atoms with Crippen LogP contribution in [0.4, 0.5) is 11.4 Å². The summed E-state index contributed by atoms with van der Waals surface area (Å²) in [5, 5.41) is 23.9. The standard InChI is InChI=1S/C27H22N8O6S/c28-19-20(22(37)21(19)36)29-11-14-2-1-3-15(8-14)12-30-23(38)17-9-18(35-26(32-17)33-34-27(35)42)24(39)31-10-13-4-6-16(7-5-13)25(40)41/h1-9,29H,10-12,28H2,(H,30,38)(H,31,39)(H,34,42)(H,40,41). The number of carbonyl (C=O) groups excluding carboxylic acids is 2. The second-order valence-corrected chi connectivity index (χ2v) is 9.57. The molecule has 14 nitrogen and oxygen atoms in total. The molecule has 5 rings (SSSR count). The van der Waals surface area contributed by atoms with Crippen LogP contribution in [0.25, 0.3) is 5.78 Å². The van der Waals surface area contributed by atoms with E-state index in [9.17, 15) is 24.0 Å². The van der Waals surface area contributed by atoms with Crippen molar-refractivity contribution in [2.24, 2.45) is 0 Å². The van der Waals surface area contributed by atoms with Crippen molar-refractivity contribution in [3.05, 3.63) is 113 Å².